The Morgan fingerprint density at radius 1 is 1.47 bits per heavy atom. The van der Waals surface area contributed by atoms with Crippen LogP contribution in [0.3, 0.4) is 0 Å². The van der Waals surface area contributed by atoms with Gasteiger partial charge in [-0.3, -0.25) is 9.78 Å². The molecule has 0 aliphatic heterocycles. The van der Waals surface area contributed by atoms with E-state index in [2.05, 4.69) is 24.1 Å². The van der Waals surface area contributed by atoms with Gasteiger partial charge in [-0.15, -0.1) is 0 Å². The number of aryl methyl sites for hydroxylation is 1. The minimum absolute atomic E-state index is 0.00769. The van der Waals surface area contributed by atoms with E-state index < -0.39 is 0 Å². The summed E-state index contributed by atoms with van der Waals surface area (Å²) >= 11 is 0. The molecule has 0 aliphatic carbocycles. The van der Waals surface area contributed by atoms with Crippen molar-refractivity contribution < 1.29 is 4.79 Å². The fourth-order valence-electron chi connectivity index (χ4n) is 1.28. The summed E-state index contributed by atoms with van der Waals surface area (Å²) in [6.07, 6.45) is 1.67. The van der Waals surface area contributed by atoms with E-state index in [1.165, 1.54) is 0 Å². The van der Waals surface area contributed by atoms with Gasteiger partial charge in [0.25, 0.3) is 5.91 Å². The molecular formula is C12H18N2O. The summed E-state index contributed by atoms with van der Waals surface area (Å²) < 4.78 is 0. The molecular weight excluding hydrogens is 188 g/mol. The number of carbonyl (C=O) groups excluding carboxylic acids is 1. The van der Waals surface area contributed by atoms with Crippen LogP contribution in [0.4, 0.5) is 0 Å². The Morgan fingerprint density at radius 2 is 2.13 bits per heavy atom. The van der Waals surface area contributed by atoms with Gasteiger partial charge in [0.2, 0.25) is 0 Å². The lowest BCUT2D eigenvalue weighted by Crippen LogP contribution is -2.28. The number of hydrogen-bond donors (Lipinski definition) is 1. The van der Waals surface area contributed by atoms with Crippen LogP contribution in [0.25, 0.3) is 0 Å². The SMILES string of the molecule is Cc1nccc(C(=O)NCC(C)C)c1C. The molecule has 0 saturated heterocycles. The van der Waals surface area contributed by atoms with Gasteiger partial charge >= 0.3 is 0 Å². The Labute approximate surface area is 90.9 Å². The summed E-state index contributed by atoms with van der Waals surface area (Å²) in [6.45, 7) is 8.69. The van der Waals surface area contributed by atoms with E-state index in [9.17, 15) is 4.79 Å². The average molecular weight is 206 g/mol. The second-order valence-electron chi connectivity index (χ2n) is 4.17. The molecule has 3 nitrogen and oxygen atoms in total. The monoisotopic (exact) mass is 206 g/mol. The van der Waals surface area contributed by atoms with Crippen molar-refractivity contribution in [3.8, 4) is 0 Å². The first kappa shape index (κ1) is 11.7. The maximum absolute atomic E-state index is 11.8. The van der Waals surface area contributed by atoms with Crippen LogP contribution in [0.1, 0.15) is 35.5 Å². The first-order valence-electron chi connectivity index (χ1n) is 5.22. The lowest BCUT2D eigenvalue weighted by molar-refractivity contribution is 0.0948. The van der Waals surface area contributed by atoms with Crippen LogP contribution in [0.15, 0.2) is 12.3 Å². The number of nitrogens with zero attached hydrogens (tertiary/aromatic N) is 1. The largest absolute Gasteiger partial charge is 0.352 e. The first-order chi connectivity index (χ1) is 7.02. The molecule has 1 aromatic rings. The number of amides is 1. The van der Waals surface area contributed by atoms with Crippen molar-refractivity contribution in [2.75, 3.05) is 6.54 Å². The highest BCUT2D eigenvalue weighted by Gasteiger charge is 2.10. The molecule has 0 atom stereocenters. The maximum atomic E-state index is 11.8. The van der Waals surface area contributed by atoms with Crippen molar-refractivity contribution in [2.24, 2.45) is 5.92 Å². The van der Waals surface area contributed by atoms with Crippen molar-refractivity contribution in [3.63, 3.8) is 0 Å². The van der Waals surface area contributed by atoms with Crippen LogP contribution in [0, 0.1) is 19.8 Å². The summed E-state index contributed by atoms with van der Waals surface area (Å²) in [5.41, 5.74) is 2.59. The minimum Gasteiger partial charge on any atom is -0.352 e. The number of nitrogens with one attached hydrogen (secondary N) is 1. The van der Waals surface area contributed by atoms with Crippen molar-refractivity contribution in [1.82, 2.24) is 10.3 Å². The first-order valence-corrected chi connectivity index (χ1v) is 5.22. The predicted molar refractivity (Wildman–Crippen MR) is 60.9 cm³/mol. The maximum Gasteiger partial charge on any atom is 0.251 e. The number of aromatic nitrogens is 1. The highest BCUT2D eigenvalue weighted by atomic mass is 16.1. The van der Waals surface area contributed by atoms with Crippen molar-refractivity contribution >= 4 is 5.91 Å². The van der Waals surface area contributed by atoms with Crippen LogP contribution in [-0.4, -0.2) is 17.4 Å². The van der Waals surface area contributed by atoms with Gasteiger partial charge in [-0.25, -0.2) is 0 Å². The topological polar surface area (TPSA) is 42.0 Å². The molecule has 1 rings (SSSR count). The quantitative estimate of drug-likeness (QED) is 0.822. The molecule has 1 amide bonds. The lowest BCUT2D eigenvalue weighted by atomic mass is 10.1. The summed E-state index contributed by atoms with van der Waals surface area (Å²) in [5.74, 6) is 0.462. The highest BCUT2D eigenvalue weighted by Crippen LogP contribution is 2.09. The van der Waals surface area contributed by atoms with Crippen LogP contribution in [0.2, 0.25) is 0 Å². The van der Waals surface area contributed by atoms with Crippen LogP contribution in [-0.2, 0) is 0 Å². The Kier molecular flexibility index (Phi) is 3.83. The summed E-state index contributed by atoms with van der Waals surface area (Å²) in [5, 5.41) is 2.90. The standard InChI is InChI=1S/C12H18N2O/c1-8(2)7-14-12(15)11-5-6-13-10(4)9(11)3/h5-6,8H,7H2,1-4H3,(H,14,15). The molecule has 1 N–H and O–H groups in total. The molecule has 0 spiro atoms. The third-order valence-corrected chi connectivity index (χ3v) is 2.37. The average Bonchev–Trinajstić information content (AvgIpc) is 2.18. The van der Waals surface area contributed by atoms with E-state index in [0.717, 1.165) is 16.8 Å². The van der Waals surface area contributed by atoms with Gasteiger partial charge in [0.05, 0.1) is 0 Å². The predicted octanol–water partition coefficient (Wildman–Crippen LogP) is 2.08. The molecule has 0 saturated carbocycles. The second kappa shape index (κ2) is 4.91. The van der Waals surface area contributed by atoms with E-state index in [4.69, 9.17) is 0 Å². The van der Waals surface area contributed by atoms with Gasteiger partial charge in [-0.05, 0) is 31.4 Å². The normalized spacial score (nSPS) is 10.5. The van der Waals surface area contributed by atoms with Crippen molar-refractivity contribution in [3.05, 3.63) is 29.1 Å². The highest BCUT2D eigenvalue weighted by molar-refractivity contribution is 5.95. The Balaban J connectivity index is 2.78. The molecule has 0 fully saturated rings. The molecule has 1 aromatic heterocycles. The molecule has 0 radical (unpaired) electrons. The molecule has 82 valence electrons. The van der Waals surface area contributed by atoms with E-state index >= 15 is 0 Å². The van der Waals surface area contributed by atoms with E-state index in [-0.39, 0.29) is 5.91 Å². The third-order valence-electron chi connectivity index (χ3n) is 2.37. The minimum atomic E-state index is -0.00769. The zero-order valence-electron chi connectivity index (χ0n) is 9.79. The number of rotatable bonds is 3. The van der Waals surface area contributed by atoms with Crippen molar-refractivity contribution in [2.45, 2.75) is 27.7 Å². The second-order valence-corrected chi connectivity index (χ2v) is 4.17. The zero-order chi connectivity index (χ0) is 11.4. The van der Waals surface area contributed by atoms with Gasteiger partial charge in [-0.2, -0.15) is 0 Å². The van der Waals surface area contributed by atoms with E-state index in [1.54, 1.807) is 12.3 Å². The third kappa shape index (κ3) is 3.05. The fraction of sp³-hybridized carbons (Fsp3) is 0.500. The molecule has 0 aliphatic rings. The Hall–Kier alpha value is -1.38. The van der Waals surface area contributed by atoms with E-state index in [0.29, 0.717) is 12.5 Å². The van der Waals surface area contributed by atoms with Crippen LogP contribution < -0.4 is 5.32 Å². The van der Waals surface area contributed by atoms with E-state index in [1.807, 2.05) is 13.8 Å². The van der Waals surface area contributed by atoms with Gasteiger partial charge in [0.15, 0.2) is 0 Å². The number of carbonyl (C=O) groups is 1. The molecule has 0 aromatic carbocycles. The smallest absolute Gasteiger partial charge is 0.251 e. The van der Waals surface area contributed by atoms with Gasteiger partial charge in [-0.1, -0.05) is 13.8 Å². The molecule has 15 heavy (non-hydrogen) atoms. The number of pyridine rings is 1. The number of hydrogen-bond acceptors (Lipinski definition) is 2. The fourth-order valence-corrected chi connectivity index (χ4v) is 1.28. The van der Waals surface area contributed by atoms with Crippen molar-refractivity contribution in [1.29, 1.82) is 0 Å². The van der Waals surface area contributed by atoms with Gasteiger partial charge < -0.3 is 5.32 Å². The van der Waals surface area contributed by atoms with Gasteiger partial charge in [0, 0.05) is 24.0 Å². The molecule has 0 bridgehead atoms. The Bertz CT molecular complexity index is 359. The molecule has 1 heterocycles. The summed E-state index contributed by atoms with van der Waals surface area (Å²) in [6, 6.07) is 1.76. The zero-order valence-corrected chi connectivity index (χ0v) is 9.79. The van der Waals surface area contributed by atoms with Crippen LogP contribution >= 0.6 is 0 Å². The molecule has 3 heteroatoms. The van der Waals surface area contributed by atoms with Gasteiger partial charge in [0.1, 0.15) is 0 Å². The summed E-state index contributed by atoms with van der Waals surface area (Å²) in [4.78, 5) is 15.9. The lowest BCUT2D eigenvalue weighted by Gasteiger charge is -2.10. The van der Waals surface area contributed by atoms with Crippen LogP contribution in [0.5, 0.6) is 0 Å². The Morgan fingerprint density at radius 3 is 2.73 bits per heavy atom. The summed E-state index contributed by atoms with van der Waals surface area (Å²) in [7, 11) is 0. The molecule has 0 unspecified atom stereocenters.